The zero-order valence-electron chi connectivity index (χ0n) is 7.08. The second kappa shape index (κ2) is 3.31. The zero-order chi connectivity index (χ0) is 9.10. The number of anilines is 1. The molecule has 1 amide bonds. The van der Waals surface area contributed by atoms with Gasteiger partial charge in [-0.2, -0.15) is 0 Å². The summed E-state index contributed by atoms with van der Waals surface area (Å²) in [6, 6.07) is 9.74. The van der Waals surface area contributed by atoms with Crippen molar-refractivity contribution >= 4 is 11.6 Å². The lowest BCUT2D eigenvalue weighted by molar-refractivity contribution is -0.118. The SMILES string of the molecule is O=C1CC=C(Nc2ccccc2)N1. The van der Waals surface area contributed by atoms with Crippen molar-refractivity contribution in [3.63, 3.8) is 0 Å². The van der Waals surface area contributed by atoms with E-state index in [0.29, 0.717) is 6.42 Å². The molecule has 0 aliphatic carbocycles. The number of hydrogen-bond acceptors (Lipinski definition) is 2. The van der Waals surface area contributed by atoms with Crippen LogP contribution in [0.1, 0.15) is 6.42 Å². The summed E-state index contributed by atoms with van der Waals surface area (Å²) in [6.07, 6.45) is 2.31. The highest BCUT2D eigenvalue weighted by molar-refractivity contribution is 5.83. The van der Waals surface area contributed by atoms with Crippen molar-refractivity contribution in [2.45, 2.75) is 6.42 Å². The first-order chi connectivity index (χ1) is 6.34. The van der Waals surface area contributed by atoms with Crippen molar-refractivity contribution in [3.8, 4) is 0 Å². The minimum Gasteiger partial charge on any atom is -0.342 e. The van der Waals surface area contributed by atoms with Crippen LogP contribution in [0.4, 0.5) is 5.69 Å². The van der Waals surface area contributed by atoms with Crippen molar-refractivity contribution < 1.29 is 4.79 Å². The highest BCUT2D eigenvalue weighted by atomic mass is 16.1. The topological polar surface area (TPSA) is 41.1 Å². The molecule has 3 heteroatoms. The van der Waals surface area contributed by atoms with Crippen molar-refractivity contribution in [3.05, 3.63) is 42.2 Å². The Morgan fingerprint density at radius 2 is 2.00 bits per heavy atom. The molecular formula is C10H10N2O. The van der Waals surface area contributed by atoms with Gasteiger partial charge in [0.15, 0.2) is 0 Å². The first-order valence-electron chi connectivity index (χ1n) is 4.17. The number of para-hydroxylation sites is 1. The predicted molar refractivity (Wildman–Crippen MR) is 50.9 cm³/mol. The monoisotopic (exact) mass is 174 g/mol. The van der Waals surface area contributed by atoms with E-state index >= 15 is 0 Å². The van der Waals surface area contributed by atoms with E-state index < -0.39 is 0 Å². The summed E-state index contributed by atoms with van der Waals surface area (Å²) in [7, 11) is 0. The molecule has 0 atom stereocenters. The first-order valence-corrected chi connectivity index (χ1v) is 4.17. The van der Waals surface area contributed by atoms with Crippen LogP contribution >= 0.6 is 0 Å². The first kappa shape index (κ1) is 7.86. The number of nitrogens with one attached hydrogen (secondary N) is 2. The van der Waals surface area contributed by atoms with Gasteiger partial charge in [-0.15, -0.1) is 0 Å². The smallest absolute Gasteiger partial charge is 0.229 e. The normalized spacial score (nSPS) is 15.1. The summed E-state index contributed by atoms with van der Waals surface area (Å²) >= 11 is 0. The molecule has 3 nitrogen and oxygen atoms in total. The molecule has 1 aromatic carbocycles. The Kier molecular flexibility index (Phi) is 2.00. The van der Waals surface area contributed by atoms with Crippen LogP contribution in [0.15, 0.2) is 42.2 Å². The fraction of sp³-hybridized carbons (Fsp3) is 0.100. The predicted octanol–water partition coefficient (Wildman–Crippen LogP) is 1.46. The third kappa shape index (κ3) is 1.87. The van der Waals surface area contributed by atoms with Gasteiger partial charge in [0.05, 0.1) is 0 Å². The summed E-state index contributed by atoms with van der Waals surface area (Å²) in [5.74, 6) is 0.814. The van der Waals surface area contributed by atoms with Gasteiger partial charge in [0, 0.05) is 12.1 Å². The standard InChI is InChI=1S/C10H10N2O/c13-10-7-6-9(12-10)11-8-4-2-1-3-5-8/h1-6,11H,7H2,(H,12,13). The fourth-order valence-corrected chi connectivity index (χ4v) is 1.21. The molecule has 2 rings (SSSR count). The maximum Gasteiger partial charge on any atom is 0.229 e. The second-order valence-electron chi connectivity index (χ2n) is 2.86. The summed E-state index contributed by atoms with van der Waals surface area (Å²) in [5.41, 5.74) is 0.982. The fourth-order valence-electron chi connectivity index (χ4n) is 1.21. The van der Waals surface area contributed by atoms with Gasteiger partial charge in [0.1, 0.15) is 5.82 Å². The van der Waals surface area contributed by atoms with E-state index in [1.165, 1.54) is 0 Å². The Morgan fingerprint density at radius 1 is 1.23 bits per heavy atom. The van der Waals surface area contributed by atoms with Crippen LogP contribution in [0.5, 0.6) is 0 Å². The molecule has 1 aromatic rings. The minimum atomic E-state index is 0.0402. The number of benzene rings is 1. The molecule has 0 bridgehead atoms. The number of rotatable bonds is 2. The molecule has 0 fully saturated rings. The van der Waals surface area contributed by atoms with Crippen molar-refractivity contribution in [1.29, 1.82) is 0 Å². The lowest BCUT2D eigenvalue weighted by Gasteiger charge is -2.06. The van der Waals surface area contributed by atoms with Gasteiger partial charge in [0.2, 0.25) is 5.91 Å². The molecule has 1 aliphatic rings. The van der Waals surface area contributed by atoms with Crippen LogP contribution in [-0.4, -0.2) is 5.91 Å². The molecule has 1 heterocycles. The lowest BCUT2D eigenvalue weighted by Crippen LogP contribution is -2.19. The van der Waals surface area contributed by atoms with Crippen molar-refractivity contribution in [2.75, 3.05) is 5.32 Å². The number of carbonyl (C=O) groups excluding carboxylic acids is 1. The molecule has 0 saturated heterocycles. The number of amides is 1. The number of hydrogen-bond donors (Lipinski definition) is 2. The minimum absolute atomic E-state index is 0.0402. The van der Waals surface area contributed by atoms with E-state index in [9.17, 15) is 4.79 Å². The van der Waals surface area contributed by atoms with Crippen LogP contribution in [-0.2, 0) is 4.79 Å². The van der Waals surface area contributed by atoms with Crippen molar-refractivity contribution in [1.82, 2.24) is 5.32 Å². The Morgan fingerprint density at radius 3 is 2.62 bits per heavy atom. The molecule has 13 heavy (non-hydrogen) atoms. The van der Waals surface area contributed by atoms with Crippen LogP contribution in [0, 0.1) is 0 Å². The third-order valence-corrected chi connectivity index (χ3v) is 1.82. The molecule has 0 radical (unpaired) electrons. The average Bonchev–Trinajstić information content (AvgIpc) is 2.53. The zero-order valence-corrected chi connectivity index (χ0v) is 7.08. The Hall–Kier alpha value is -1.77. The lowest BCUT2D eigenvalue weighted by atomic mass is 10.3. The molecule has 0 saturated carbocycles. The van der Waals surface area contributed by atoms with Gasteiger partial charge < -0.3 is 10.6 Å². The highest BCUT2D eigenvalue weighted by Gasteiger charge is 2.10. The summed E-state index contributed by atoms with van der Waals surface area (Å²) in [4.78, 5) is 10.8. The van der Waals surface area contributed by atoms with E-state index in [4.69, 9.17) is 0 Å². The third-order valence-electron chi connectivity index (χ3n) is 1.82. The van der Waals surface area contributed by atoms with E-state index in [1.54, 1.807) is 0 Å². The highest BCUT2D eigenvalue weighted by Crippen LogP contribution is 2.10. The van der Waals surface area contributed by atoms with Crippen LogP contribution in [0.2, 0.25) is 0 Å². The Balaban J connectivity index is 2.04. The molecular weight excluding hydrogens is 164 g/mol. The van der Waals surface area contributed by atoms with Gasteiger partial charge in [-0.25, -0.2) is 0 Å². The second-order valence-corrected chi connectivity index (χ2v) is 2.86. The maximum absolute atomic E-state index is 10.8. The maximum atomic E-state index is 10.8. The van der Waals surface area contributed by atoms with E-state index in [1.807, 2.05) is 36.4 Å². The summed E-state index contributed by atoms with van der Waals surface area (Å²) in [6.45, 7) is 0. The molecule has 2 N–H and O–H groups in total. The van der Waals surface area contributed by atoms with Gasteiger partial charge in [-0.1, -0.05) is 18.2 Å². The summed E-state index contributed by atoms with van der Waals surface area (Å²) in [5, 5.41) is 5.81. The van der Waals surface area contributed by atoms with Gasteiger partial charge >= 0.3 is 0 Å². The number of carbonyl (C=O) groups is 1. The van der Waals surface area contributed by atoms with E-state index in [2.05, 4.69) is 10.6 Å². The van der Waals surface area contributed by atoms with Crippen LogP contribution < -0.4 is 10.6 Å². The Labute approximate surface area is 76.5 Å². The average molecular weight is 174 g/mol. The van der Waals surface area contributed by atoms with Gasteiger partial charge in [-0.05, 0) is 18.2 Å². The molecule has 0 spiro atoms. The Bertz CT molecular complexity index is 343. The molecule has 0 unspecified atom stereocenters. The van der Waals surface area contributed by atoms with Crippen LogP contribution in [0.3, 0.4) is 0 Å². The summed E-state index contributed by atoms with van der Waals surface area (Å²) < 4.78 is 0. The van der Waals surface area contributed by atoms with Gasteiger partial charge in [-0.3, -0.25) is 4.79 Å². The van der Waals surface area contributed by atoms with Gasteiger partial charge in [0.25, 0.3) is 0 Å². The largest absolute Gasteiger partial charge is 0.342 e. The van der Waals surface area contributed by atoms with E-state index in [-0.39, 0.29) is 5.91 Å². The van der Waals surface area contributed by atoms with Crippen LogP contribution in [0.25, 0.3) is 0 Å². The molecule has 1 aliphatic heterocycles. The molecule has 0 aromatic heterocycles. The van der Waals surface area contributed by atoms with Crippen molar-refractivity contribution in [2.24, 2.45) is 0 Å². The quantitative estimate of drug-likeness (QED) is 0.712. The van der Waals surface area contributed by atoms with E-state index in [0.717, 1.165) is 11.5 Å². The molecule has 66 valence electrons.